The molecule has 1 unspecified atom stereocenters. The molecule has 51 heavy (non-hydrogen) atoms. The fourth-order valence-electron chi connectivity index (χ4n) is 8.03. The molecule has 0 fully saturated rings. The molecule has 6 aromatic carbocycles. The van der Waals surface area contributed by atoms with E-state index < -0.39 is 0 Å². The van der Waals surface area contributed by atoms with E-state index in [1.807, 2.05) is 12.1 Å². The highest BCUT2D eigenvalue weighted by Crippen LogP contribution is 2.41. The predicted octanol–water partition coefficient (Wildman–Crippen LogP) is 12.3. The van der Waals surface area contributed by atoms with Gasteiger partial charge in [-0.05, 0) is 105 Å². The number of fused-ring (bicyclic) bond motifs is 5. The van der Waals surface area contributed by atoms with Gasteiger partial charge in [0, 0.05) is 17.0 Å². The SMILES string of the molecule is C1=CC(C2=CC(c3ccccc3)CC(c3ccc4c(c3)c3nc5ccccc5nc3n4-c3ccc4c(-c5ccccc5)cccc4c3)=C2)=CCC1. The van der Waals surface area contributed by atoms with Crippen LogP contribution in [0, 0.1) is 0 Å². The van der Waals surface area contributed by atoms with Crippen molar-refractivity contribution in [3.63, 3.8) is 0 Å². The second kappa shape index (κ2) is 12.2. The third-order valence-corrected chi connectivity index (χ3v) is 10.5. The molecule has 0 amide bonds. The summed E-state index contributed by atoms with van der Waals surface area (Å²) in [6.45, 7) is 0. The topological polar surface area (TPSA) is 30.7 Å². The molecule has 0 radical (unpaired) electrons. The molecule has 0 aliphatic heterocycles. The predicted molar refractivity (Wildman–Crippen MR) is 213 cm³/mol. The Bertz CT molecular complexity index is 2760. The van der Waals surface area contributed by atoms with Crippen LogP contribution in [-0.4, -0.2) is 14.5 Å². The number of hydrogen-bond donors (Lipinski definition) is 0. The van der Waals surface area contributed by atoms with Crippen LogP contribution in [0.5, 0.6) is 0 Å². The van der Waals surface area contributed by atoms with Crippen molar-refractivity contribution < 1.29 is 0 Å². The molecule has 0 saturated carbocycles. The summed E-state index contributed by atoms with van der Waals surface area (Å²) in [7, 11) is 0. The number of nitrogens with zero attached hydrogens (tertiary/aromatic N) is 3. The molecule has 2 aromatic heterocycles. The van der Waals surface area contributed by atoms with E-state index in [0.29, 0.717) is 5.92 Å². The highest BCUT2D eigenvalue weighted by Gasteiger charge is 2.22. The van der Waals surface area contributed by atoms with Crippen molar-refractivity contribution in [1.29, 1.82) is 0 Å². The Kier molecular flexibility index (Phi) is 7.09. The fourth-order valence-corrected chi connectivity index (χ4v) is 8.03. The molecular formula is C48H35N3. The molecule has 0 N–H and O–H groups in total. The molecule has 8 aromatic rings. The molecule has 2 aliphatic rings. The quantitative estimate of drug-likeness (QED) is 0.185. The van der Waals surface area contributed by atoms with E-state index in [4.69, 9.17) is 9.97 Å². The van der Waals surface area contributed by atoms with Crippen molar-refractivity contribution in [2.75, 3.05) is 0 Å². The number of hydrogen-bond acceptors (Lipinski definition) is 2. The molecule has 2 heterocycles. The maximum Gasteiger partial charge on any atom is 0.165 e. The van der Waals surface area contributed by atoms with Crippen LogP contribution < -0.4 is 0 Å². The van der Waals surface area contributed by atoms with Crippen LogP contribution in [0.1, 0.15) is 36.3 Å². The summed E-state index contributed by atoms with van der Waals surface area (Å²) >= 11 is 0. The second-order valence-electron chi connectivity index (χ2n) is 13.7. The van der Waals surface area contributed by atoms with Crippen molar-refractivity contribution in [2.45, 2.75) is 25.2 Å². The fraction of sp³-hybridized carbons (Fsp3) is 0.0833. The molecule has 3 heteroatoms. The summed E-state index contributed by atoms with van der Waals surface area (Å²) in [5.74, 6) is 0.302. The average Bonchev–Trinajstić information content (AvgIpc) is 3.52. The summed E-state index contributed by atoms with van der Waals surface area (Å²) in [5.41, 5.74) is 14.8. The van der Waals surface area contributed by atoms with E-state index in [9.17, 15) is 0 Å². The first-order valence-corrected chi connectivity index (χ1v) is 17.9. The minimum absolute atomic E-state index is 0.302. The zero-order chi connectivity index (χ0) is 33.7. The third kappa shape index (κ3) is 5.21. The standard InChI is InChI=1S/C48H35N3/c1-4-13-32(14-5-1)37-27-38(33-15-6-2-7-16-33)29-39(28-37)35-23-26-46-43(31-35)47-48(50-45-22-11-10-21-44(45)49-47)51(46)40-24-25-42-36(30-40)19-12-20-41(42)34-17-8-3-9-18-34/h1,3-6,8-27,29-31,37H,2,7,28H2. The Morgan fingerprint density at radius 3 is 2.24 bits per heavy atom. The molecule has 1 atom stereocenters. The molecule has 2 aliphatic carbocycles. The molecule has 10 rings (SSSR count). The van der Waals surface area contributed by atoms with Crippen LogP contribution in [0.2, 0.25) is 0 Å². The Labute approximate surface area is 297 Å². The van der Waals surface area contributed by atoms with Gasteiger partial charge >= 0.3 is 0 Å². The van der Waals surface area contributed by atoms with Gasteiger partial charge in [0.25, 0.3) is 0 Å². The van der Waals surface area contributed by atoms with Gasteiger partial charge < -0.3 is 0 Å². The van der Waals surface area contributed by atoms with Gasteiger partial charge in [0.2, 0.25) is 0 Å². The zero-order valence-electron chi connectivity index (χ0n) is 28.2. The second-order valence-corrected chi connectivity index (χ2v) is 13.7. The maximum atomic E-state index is 5.27. The summed E-state index contributed by atoms with van der Waals surface area (Å²) < 4.78 is 2.30. The molecular weight excluding hydrogens is 619 g/mol. The molecule has 0 spiro atoms. The lowest BCUT2D eigenvalue weighted by atomic mass is 9.80. The van der Waals surface area contributed by atoms with E-state index in [0.717, 1.165) is 58.1 Å². The number of allylic oxidation sites excluding steroid dienone is 8. The van der Waals surface area contributed by atoms with Crippen molar-refractivity contribution in [3.8, 4) is 16.8 Å². The largest absolute Gasteiger partial charge is 0.293 e. The smallest absolute Gasteiger partial charge is 0.165 e. The number of benzene rings is 6. The number of para-hydroxylation sites is 2. The lowest BCUT2D eigenvalue weighted by Crippen LogP contribution is -2.05. The van der Waals surface area contributed by atoms with E-state index in [2.05, 4.69) is 162 Å². The number of aromatic nitrogens is 3. The number of rotatable bonds is 5. The van der Waals surface area contributed by atoms with E-state index in [-0.39, 0.29) is 0 Å². The Morgan fingerprint density at radius 2 is 1.41 bits per heavy atom. The molecule has 242 valence electrons. The third-order valence-electron chi connectivity index (χ3n) is 10.5. The van der Waals surface area contributed by atoms with E-state index in [1.165, 1.54) is 49.7 Å². The zero-order valence-corrected chi connectivity index (χ0v) is 28.2. The first-order valence-electron chi connectivity index (χ1n) is 17.9. The first-order chi connectivity index (χ1) is 25.3. The summed E-state index contributed by atoms with van der Waals surface area (Å²) in [4.78, 5) is 10.5. The van der Waals surface area contributed by atoms with Gasteiger partial charge in [-0.3, -0.25) is 4.57 Å². The van der Waals surface area contributed by atoms with Crippen LogP contribution in [0.15, 0.2) is 181 Å². The van der Waals surface area contributed by atoms with Gasteiger partial charge in [-0.15, -0.1) is 0 Å². The normalized spacial score (nSPS) is 16.1. The lowest BCUT2D eigenvalue weighted by molar-refractivity contribution is 0.858. The van der Waals surface area contributed by atoms with Crippen molar-refractivity contribution in [2.24, 2.45) is 0 Å². The summed E-state index contributed by atoms with van der Waals surface area (Å²) in [6.07, 6.45) is 15.0. The van der Waals surface area contributed by atoms with E-state index in [1.54, 1.807) is 0 Å². The van der Waals surface area contributed by atoms with Crippen LogP contribution in [0.4, 0.5) is 0 Å². The first kappa shape index (κ1) is 29.6. The Hall–Kier alpha value is -6.32. The molecule has 0 bridgehead atoms. The van der Waals surface area contributed by atoms with Gasteiger partial charge in [-0.2, -0.15) is 0 Å². The van der Waals surface area contributed by atoms with Crippen LogP contribution in [-0.2, 0) is 0 Å². The van der Waals surface area contributed by atoms with Crippen LogP contribution in [0.25, 0.3) is 66.3 Å². The monoisotopic (exact) mass is 653 g/mol. The van der Waals surface area contributed by atoms with Crippen LogP contribution in [0.3, 0.4) is 0 Å². The Balaban J connectivity index is 1.16. The minimum Gasteiger partial charge on any atom is -0.293 e. The summed E-state index contributed by atoms with van der Waals surface area (Å²) in [6, 6.07) is 50.0. The van der Waals surface area contributed by atoms with Gasteiger partial charge in [0.05, 0.1) is 16.6 Å². The highest BCUT2D eigenvalue weighted by molar-refractivity contribution is 6.09. The van der Waals surface area contributed by atoms with Gasteiger partial charge in [-0.1, -0.05) is 134 Å². The van der Waals surface area contributed by atoms with Crippen molar-refractivity contribution >= 4 is 49.4 Å². The van der Waals surface area contributed by atoms with Crippen LogP contribution >= 0.6 is 0 Å². The van der Waals surface area contributed by atoms with Crippen molar-refractivity contribution in [1.82, 2.24) is 14.5 Å². The van der Waals surface area contributed by atoms with Gasteiger partial charge in [-0.25, -0.2) is 9.97 Å². The Morgan fingerprint density at radius 1 is 0.608 bits per heavy atom. The van der Waals surface area contributed by atoms with Gasteiger partial charge in [0.1, 0.15) is 5.52 Å². The molecule has 3 nitrogen and oxygen atoms in total. The summed E-state index contributed by atoms with van der Waals surface area (Å²) in [5, 5.41) is 3.54. The van der Waals surface area contributed by atoms with Crippen molar-refractivity contribution in [3.05, 3.63) is 192 Å². The molecule has 0 saturated heterocycles. The maximum absolute atomic E-state index is 5.27. The average molecular weight is 654 g/mol. The van der Waals surface area contributed by atoms with Gasteiger partial charge in [0.15, 0.2) is 5.65 Å². The minimum atomic E-state index is 0.302. The lowest BCUT2D eigenvalue weighted by Gasteiger charge is -2.24. The highest BCUT2D eigenvalue weighted by atomic mass is 15.1. The van der Waals surface area contributed by atoms with E-state index >= 15 is 0 Å².